The zero-order chi connectivity index (χ0) is 40.6. The first kappa shape index (κ1) is 78.3. The molecule has 0 atom stereocenters. The van der Waals surface area contributed by atoms with E-state index in [0.29, 0.717) is 0 Å². The molecule has 0 aliphatic rings. The van der Waals surface area contributed by atoms with E-state index in [2.05, 4.69) is 15.0 Å². The number of halogens is 6. The summed E-state index contributed by atoms with van der Waals surface area (Å²) in [6.07, 6.45) is 10.5. The summed E-state index contributed by atoms with van der Waals surface area (Å²) in [5.74, 6) is -6.50. The molecule has 0 saturated carbocycles. The van der Waals surface area contributed by atoms with E-state index in [1.54, 1.807) is 37.2 Å². The number of aliphatic carboxylic acids is 6. The smallest absolute Gasteiger partial charge is 2.00 e. The van der Waals surface area contributed by atoms with Crippen molar-refractivity contribution in [1.29, 1.82) is 0 Å². The Balaban J connectivity index is -0.0000000411. The Hall–Kier alpha value is -3.89. The van der Waals surface area contributed by atoms with Gasteiger partial charge in [0, 0.05) is 73.0 Å². The molecular weight excluding hydrogens is 1020 g/mol. The zero-order valence-corrected chi connectivity index (χ0v) is 34.2. The molecule has 53 heavy (non-hydrogen) atoms. The monoisotopic (exact) mass is 1060 g/mol. The Morgan fingerprint density at radius 3 is 0.453 bits per heavy atom. The van der Waals surface area contributed by atoms with Crippen molar-refractivity contribution in [2.24, 2.45) is 0 Å². The molecule has 0 spiro atoms. The van der Waals surface area contributed by atoms with E-state index in [4.69, 9.17) is 59.4 Å². The molecule has 0 aliphatic heterocycles. The Morgan fingerprint density at radius 2 is 0.434 bits per heavy atom. The molecule has 26 heteroatoms. The van der Waals surface area contributed by atoms with E-state index in [1.807, 2.05) is 54.6 Å². The number of carbonyl (C=O) groups excluding carboxylic acids is 6. The maximum atomic E-state index is 9.87. The van der Waals surface area contributed by atoms with Crippen LogP contribution in [0.5, 0.6) is 0 Å². The van der Waals surface area contributed by atoms with Gasteiger partial charge in [-0.3, -0.25) is 15.0 Å². The zero-order valence-electron chi connectivity index (χ0n) is 28.1. The van der Waals surface area contributed by atoms with E-state index in [9.17, 15) is 25.2 Å². The molecular formula is C27H33F6N3O13PRu3. The summed E-state index contributed by atoms with van der Waals surface area (Å²) in [5, 5.41) is 53.3. The molecule has 0 unspecified atom stereocenters. The van der Waals surface area contributed by atoms with Crippen LogP contribution in [0.4, 0.5) is 25.2 Å². The van der Waals surface area contributed by atoms with Gasteiger partial charge in [-0.15, -0.1) is 0 Å². The van der Waals surface area contributed by atoms with Gasteiger partial charge in [-0.2, -0.15) is 0 Å². The van der Waals surface area contributed by atoms with Crippen molar-refractivity contribution in [2.45, 2.75) is 41.5 Å². The van der Waals surface area contributed by atoms with Crippen molar-refractivity contribution in [3.63, 3.8) is 0 Å². The maximum absolute atomic E-state index is 10.7. The standard InChI is InChI=1S/3C5H5N.6C2H4O2.F6P.O.3Ru/c3*1-2-4-6-5-3-1;6*1-2(3)4;1-7(2,3,4,5)6;;;;/h3*1-5H;6*1H3,(H,3,4);;;;;/q;;;;;;;;;-1;-2;3*+3/p-6. The third kappa shape index (κ3) is 514. The number of hydrogen-bond acceptors (Lipinski definition) is 15. The minimum atomic E-state index is -10.7. The van der Waals surface area contributed by atoms with Gasteiger partial charge in [-0.1, -0.05) is 18.2 Å². The minimum absolute atomic E-state index is 0. The van der Waals surface area contributed by atoms with Crippen molar-refractivity contribution in [3.05, 3.63) is 91.8 Å². The Morgan fingerprint density at radius 1 is 0.358 bits per heavy atom. The number of carboxylic acid groups (broad SMARTS) is 6. The second-order valence-electron chi connectivity index (χ2n) is 6.98. The van der Waals surface area contributed by atoms with Crippen molar-refractivity contribution in [1.82, 2.24) is 15.0 Å². The predicted molar refractivity (Wildman–Crippen MR) is 151 cm³/mol. The van der Waals surface area contributed by atoms with E-state index in [-0.39, 0.29) is 63.9 Å². The fraction of sp³-hybridized carbons (Fsp3) is 0.222. The SMILES string of the molecule is CC(=O)[O-].CC(=O)[O-].CC(=O)[O-].CC(=O)[O-].CC(=O)[O-].CC(=O)[O-].F[P-](F)(F)(F)(F)F.[O-2].[Ru+3].[Ru+3].[Ru+3].c1ccncc1.c1ccncc1.c1ccncc1. The van der Waals surface area contributed by atoms with Crippen molar-refractivity contribution < 1.29 is 148 Å². The third-order valence-corrected chi connectivity index (χ3v) is 1.70. The van der Waals surface area contributed by atoms with Gasteiger partial charge in [0.2, 0.25) is 0 Å². The molecule has 3 aromatic heterocycles. The van der Waals surface area contributed by atoms with Crippen LogP contribution in [0.2, 0.25) is 0 Å². The van der Waals surface area contributed by atoms with Crippen LogP contribution in [-0.2, 0) is 92.7 Å². The van der Waals surface area contributed by atoms with E-state index in [0.717, 1.165) is 41.5 Å². The molecule has 16 nitrogen and oxygen atoms in total. The first-order chi connectivity index (χ1) is 21.8. The van der Waals surface area contributed by atoms with Crippen LogP contribution in [0.25, 0.3) is 0 Å². The van der Waals surface area contributed by atoms with Crippen LogP contribution in [0, 0.1) is 0 Å². The predicted octanol–water partition coefficient (Wildman–Crippen LogP) is -0.962. The normalized spacial score (nSPS) is 8.60. The second kappa shape index (κ2) is 48.1. The third-order valence-electron chi connectivity index (χ3n) is 1.70. The van der Waals surface area contributed by atoms with Gasteiger partial charge in [-0.25, -0.2) is 0 Å². The summed E-state index contributed by atoms with van der Waals surface area (Å²) >= 11 is 0. The molecule has 0 aliphatic carbocycles. The molecule has 3 heterocycles. The Bertz CT molecular complexity index is 968. The van der Waals surface area contributed by atoms with E-state index < -0.39 is 43.6 Å². The summed E-state index contributed by atoms with van der Waals surface area (Å²) in [6.45, 7) is 5.83. The summed E-state index contributed by atoms with van der Waals surface area (Å²) in [5.41, 5.74) is 0. The molecule has 0 N–H and O–H groups in total. The number of carboxylic acids is 6. The van der Waals surface area contributed by atoms with Gasteiger partial charge in [-0.05, 0) is 77.9 Å². The van der Waals surface area contributed by atoms with Crippen molar-refractivity contribution in [3.8, 4) is 0 Å². The Labute approximate surface area is 338 Å². The van der Waals surface area contributed by atoms with Gasteiger partial charge in [0.05, 0.1) is 0 Å². The molecule has 0 aromatic carbocycles. The van der Waals surface area contributed by atoms with Gasteiger partial charge < -0.3 is 64.9 Å². The van der Waals surface area contributed by atoms with E-state index >= 15 is 0 Å². The van der Waals surface area contributed by atoms with Crippen LogP contribution in [-0.4, -0.2) is 50.8 Å². The summed E-state index contributed by atoms with van der Waals surface area (Å²) in [6, 6.07) is 17.1. The summed E-state index contributed by atoms with van der Waals surface area (Å²) in [4.78, 5) is 64.7. The summed E-state index contributed by atoms with van der Waals surface area (Å²) < 4.78 is 59.2. The van der Waals surface area contributed by atoms with Crippen LogP contribution in [0.3, 0.4) is 0 Å². The molecule has 0 bridgehead atoms. The van der Waals surface area contributed by atoms with Crippen LogP contribution in [0.1, 0.15) is 41.5 Å². The molecule has 3 aromatic rings. The number of aromatic nitrogens is 3. The minimum Gasteiger partial charge on any atom is -2.00 e. The first-order valence-electron chi connectivity index (χ1n) is 12.0. The van der Waals surface area contributed by atoms with Gasteiger partial charge in [0.25, 0.3) is 0 Å². The first-order valence-corrected chi connectivity index (χ1v) is 14.0. The Kier molecular flexibility index (Phi) is 71.0. The van der Waals surface area contributed by atoms with Crippen molar-refractivity contribution >= 4 is 43.6 Å². The largest absolute Gasteiger partial charge is 3.00 e. The second-order valence-corrected chi connectivity index (χ2v) is 8.90. The van der Waals surface area contributed by atoms with Crippen LogP contribution in [0.15, 0.2) is 91.8 Å². The van der Waals surface area contributed by atoms with Gasteiger partial charge >= 0.3 is 91.4 Å². The molecule has 0 saturated heterocycles. The fourth-order valence-electron chi connectivity index (χ4n) is 0.938. The molecule has 0 fully saturated rings. The molecule has 3 radical (unpaired) electrons. The average Bonchev–Trinajstić information content (AvgIpc) is 2.89. The number of carbonyl (C=O) groups is 6. The quantitative estimate of drug-likeness (QED) is 0.149. The van der Waals surface area contributed by atoms with Crippen LogP contribution < -0.4 is 30.6 Å². The molecule has 0 amide bonds. The number of rotatable bonds is 0. The number of pyridine rings is 3. The maximum Gasteiger partial charge on any atom is 3.00 e. The topological polar surface area (TPSA) is 308 Å². The fourth-order valence-corrected chi connectivity index (χ4v) is 0.938. The molecule has 305 valence electrons. The van der Waals surface area contributed by atoms with Gasteiger partial charge in [0.15, 0.2) is 0 Å². The van der Waals surface area contributed by atoms with Crippen LogP contribution >= 0.6 is 7.81 Å². The number of hydrogen-bond donors (Lipinski definition) is 0. The van der Waals surface area contributed by atoms with Gasteiger partial charge in [0.1, 0.15) is 0 Å². The number of nitrogens with zero attached hydrogens (tertiary/aromatic N) is 3. The van der Waals surface area contributed by atoms with Crippen molar-refractivity contribution in [2.75, 3.05) is 0 Å². The molecule has 3 rings (SSSR count). The average molecular weight is 1060 g/mol. The summed E-state index contributed by atoms with van der Waals surface area (Å²) in [7, 11) is -10.7. The van der Waals surface area contributed by atoms with E-state index in [1.165, 1.54) is 0 Å².